The normalized spacial score (nSPS) is 12.3. The quantitative estimate of drug-likeness (QED) is 0.120. The van der Waals surface area contributed by atoms with Crippen LogP contribution in [0.25, 0.3) is 6.08 Å². The van der Waals surface area contributed by atoms with Crippen LogP contribution in [0, 0.1) is 0 Å². The standard InChI is InChI=1S/C31H25ClF3N3O3S2/c1-2-27(30(41)37-25-16-21(31(33,34)35)11-12-24(25)32)43-23-10-6-9-22(17-23)36-29(40)26(15-19-13-14-42-18-19)38-28(39)20-7-4-3-5-8-20/h3-18,27H,2H2,1H3,(H,36,40)(H,37,41)(H,38,39)/b26-15-. The van der Waals surface area contributed by atoms with Gasteiger partial charge in [0.25, 0.3) is 11.8 Å². The SMILES string of the molecule is CCC(Sc1cccc(NC(=O)/C(=C/c2ccsc2)NC(=O)c2ccccc2)c1)C(=O)Nc1cc(C(F)(F)F)ccc1Cl. The lowest BCUT2D eigenvalue weighted by Crippen LogP contribution is -2.30. The van der Waals surface area contributed by atoms with Crippen LogP contribution in [-0.2, 0) is 15.8 Å². The molecule has 3 N–H and O–H groups in total. The van der Waals surface area contributed by atoms with Gasteiger partial charge in [-0.3, -0.25) is 14.4 Å². The Kier molecular flexibility index (Phi) is 10.7. The van der Waals surface area contributed by atoms with Crippen molar-refractivity contribution in [3.05, 3.63) is 117 Å². The third kappa shape index (κ3) is 8.96. The number of amides is 3. The van der Waals surface area contributed by atoms with E-state index in [4.69, 9.17) is 11.6 Å². The molecule has 222 valence electrons. The van der Waals surface area contributed by atoms with Crippen LogP contribution in [0.15, 0.2) is 100 Å². The van der Waals surface area contributed by atoms with Crippen LogP contribution >= 0.6 is 34.7 Å². The number of hydrogen-bond acceptors (Lipinski definition) is 5. The van der Waals surface area contributed by atoms with Crippen molar-refractivity contribution in [2.75, 3.05) is 10.6 Å². The first-order valence-electron chi connectivity index (χ1n) is 12.9. The van der Waals surface area contributed by atoms with Crippen molar-refractivity contribution in [1.82, 2.24) is 5.32 Å². The summed E-state index contributed by atoms with van der Waals surface area (Å²) in [6, 6.07) is 19.8. The van der Waals surface area contributed by atoms with Gasteiger partial charge in [0, 0.05) is 16.1 Å². The fourth-order valence-electron chi connectivity index (χ4n) is 3.81. The number of benzene rings is 3. The van der Waals surface area contributed by atoms with Gasteiger partial charge in [-0.15, -0.1) is 11.8 Å². The Hall–Kier alpha value is -4.06. The number of thiophene rings is 1. The molecule has 0 radical (unpaired) electrons. The zero-order chi connectivity index (χ0) is 31.0. The van der Waals surface area contributed by atoms with Gasteiger partial charge in [-0.1, -0.05) is 42.8 Å². The van der Waals surface area contributed by atoms with E-state index in [0.29, 0.717) is 22.6 Å². The van der Waals surface area contributed by atoms with E-state index in [2.05, 4.69) is 16.0 Å². The minimum atomic E-state index is -4.59. The molecule has 1 heterocycles. The maximum absolute atomic E-state index is 13.3. The minimum absolute atomic E-state index is 0.0171. The molecule has 0 spiro atoms. The van der Waals surface area contributed by atoms with E-state index in [-0.39, 0.29) is 16.4 Å². The van der Waals surface area contributed by atoms with E-state index >= 15 is 0 Å². The highest BCUT2D eigenvalue weighted by molar-refractivity contribution is 8.00. The fourth-order valence-corrected chi connectivity index (χ4v) is 5.61. The second kappa shape index (κ2) is 14.4. The number of halogens is 4. The van der Waals surface area contributed by atoms with Gasteiger partial charge < -0.3 is 16.0 Å². The van der Waals surface area contributed by atoms with Gasteiger partial charge in [0.1, 0.15) is 5.70 Å². The number of anilines is 2. The minimum Gasteiger partial charge on any atom is -0.324 e. The van der Waals surface area contributed by atoms with Crippen LogP contribution in [-0.4, -0.2) is 23.0 Å². The van der Waals surface area contributed by atoms with E-state index in [1.54, 1.807) is 67.6 Å². The van der Waals surface area contributed by atoms with Crippen LogP contribution in [0.2, 0.25) is 5.02 Å². The molecule has 4 rings (SSSR count). The summed E-state index contributed by atoms with van der Waals surface area (Å²) in [4.78, 5) is 39.7. The maximum atomic E-state index is 13.3. The lowest BCUT2D eigenvalue weighted by molar-refractivity contribution is -0.137. The second-order valence-electron chi connectivity index (χ2n) is 9.11. The Morgan fingerprint density at radius 3 is 2.42 bits per heavy atom. The summed E-state index contributed by atoms with van der Waals surface area (Å²) in [5.41, 5.74) is 0.518. The summed E-state index contributed by atoms with van der Waals surface area (Å²) in [7, 11) is 0. The molecule has 0 saturated carbocycles. The molecule has 0 saturated heterocycles. The summed E-state index contributed by atoms with van der Waals surface area (Å²) in [6.45, 7) is 1.77. The number of thioether (sulfide) groups is 1. The zero-order valence-electron chi connectivity index (χ0n) is 22.6. The Morgan fingerprint density at radius 1 is 0.977 bits per heavy atom. The van der Waals surface area contributed by atoms with E-state index < -0.39 is 34.7 Å². The second-order valence-corrected chi connectivity index (χ2v) is 11.6. The van der Waals surface area contributed by atoms with Crippen molar-refractivity contribution in [1.29, 1.82) is 0 Å². The monoisotopic (exact) mass is 643 g/mol. The first kappa shape index (κ1) is 31.9. The molecule has 0 aliphatic carbocycles. The zero-order valence-corrected chi connectivity index (χ0v) is 25.0. The summed E-state index contributed by atoms with van der Waals surface area (Å²) in [5.74, 6) is -1.52. The smallest absolute Gasteiger partial charge is 0.324 e. The van der Waals surface area contributed by atoms with E-state index in [1.165, 1.54) is 23.1 Å². The van der Waals surface area contributed by atoms with Crippen LogP contribution in [0.1, 0.15) is 34.8 Å². The molecule has 0 aliphatic heterocycles. The van der Waals surface area contributed by atoms with Crippen molar-refractivity contribution in [3.63, 3.8) is 0 Å². The molecular formula is C31H25ClF3N3O3S2. The molecule has 1 atom stereocenters. The van der Waals surface area contributed by atoms with Gasteiger partial charge >= 0.3 is 6.18 Å². The number of carbonyl (C=O) groups excluding carboxylic acids is 3. The molecule has 3 aromatic carbocycles. The average Bonchev–Trinajstić information content (AvgIpc) is 3.50. The molecule has 6 nitrogen and oxygen atoms in total. The van der Waals surface area contributed by atoms with Gasteiger partial charge in [-0.2, -0.15) is 24.5 Å². The Bertz CT molecular complexity index is 1630. The Morgan fingerprint density at radius 2 is 1.74 bits per heavy atom. The molecule has 1 aromatic heterocycles. The maximum Gasteiger partial charge on any atom is 0.416 e. The van der Waals surface area contributed by atoms with Crippen molar-refractivity contribution in [2.45, 2.75) is 29.7 Å². The van der Waals surface area contributed by atoms with Gasteiger partial charge in [0.15, 0.2) is 0 Å². The molecule has 0 fully saturated rings. The summed E-state index contributed by atoms with van der Waals surface area (Å²) in [5, 5.41) is 11.0. The van der Waals surface area contributed by atoms with E-state index in [1.807, 2.05) is 16.8 Å². The number of alkyl halides is 3. The van der Waals surface area contributed by atoms with E-state index in [0.717, 1.165) is 23.8 Å². The average molecular weight is 644 g/mol. The van der Waals surface area contributed by atoms with Crippen LogP contribution in [0.3, 0.4) is 0 Å². The molecule has 4 aromatic rings. The van der Waals surface area contributed by atoms with Crippen molar-refractivity contribution in [3.8, 4) is 0 Å². The molecular weight excluding hydrogens is 619 g/mol. The molecule has 3 amide bonds. The lowest BCUT2D eigenvalue weighted by Gasteiger charge is -2.17. The Balaban J connectivity index is 1.47. The number of carbonyl (C=O) groups is 3. The third-order valence-electron chi connectivity index (χ3n) is 5.97. The fraction of sp³-hybridized carbons (Fsp3) is 0.129. The molecule has 43 heavy (non-hydrogen) atoms. The van der Waals surface area contributed by atoms with Gasteiger partial charge in [-0.25, -0.2) is 0 Å². The Labute approximate surface area is 259 Å². The number of rotatable bonds is 10. The largest absolute Gasteiger partial charge is 0.416 e. The third-order valence-corrected chi connectivity index (χ3v) is 8.36. The van der Waals surface area contributed by atoms with Gasteiger partial charge in [0.2, 0.25) is 5.91 Å². The topological polar surface area (TPSA) is 87.3 Å². The number of hydrogen-bond donors (Lipinski definition) is 3. The van der Waals surface area contributed by atoms with Crippen LogP contribution < -0.4 is 16.0 Å². The molecule has 1 unspecified atom stereocenters. The van der Waals surface area contributed by atoms with Crippen molar-refractivity contribution in [2.24, 2.45) is 0 Å². The lowest BCUT2D eigenvalue weighted by atomic mass is 10.2. The molecule has 0 bridgehead atoms. The van der Waals surface area contributed by atoms with Crippen LogP contribution in [0.4, 0.5) is 24.5 Å². The molecule has 0 aliphatic rings. The predicted molar refractivity (Wildman–Crippen MR) is 166 cm³/mol. The van der Waals surface area contributed by atoms with Crippen molar-refractivity contribution < 1.29 is 27.6 Å². The summed E-state index contributed by atoms with van der Waals surface area (Å²) in [6.07, 6.45) is -2.65. The highest BCUT2D eigenvalue weighted by Crippen LogP contribution is 2.35. The van der Waals surface area contributed by atoms with E-state index in [9.17, 15) is 27.6 Å². The highest BCUT2D eigenvalue weighted by Gasteiger charge is 2.31. The van der Waals surface area contributed by atoms with Gasteiger partial charge in [0.05, 0.1) is 21.5 Å². The first-order valence-corrected chi connectivity index (χ1v) is 15.1. The predicted octanol–water partition coefficient (Wildman–Crippen LogP) is 8.34. The first-order chi connectivity index (χ1) is 20.5. The van der Waals surface area contributed by atoms with Crippen LogP contribution in [0.5, 0.6) is 0 Å². The number of nitrogens with one attached hydrogen (secondary N) is 3. The molecule has 12 heteroatoms. The summed E-state index contributed by atoms with van der Waals surface area (Å²) < 4.78 is 39.4. The highest BCUT2D eigenvalue weighted by atomic mass is 35.5. The summed E-state index contributed by atoms with van der Waals surface area (Å²) >= 11 is 8.67. The van der Waals surface area contributed by atoms with Gasteiger partial charge in [-0.05, 0) is 83.4 Å². The van der Waals surface area contributed by atoms with Crippen molar-refractivity contribution >= 4 is 69.9 Å².